The highest BCUT2D eigenvalue weighted by Crippen LogP contribution is 2.39. The predicted octanol–water partition coefficient (Wildman–Crippen LogP) is 6.06. The number of amides is 2. The van der Waals surface area contributed by atoms with Crippen LogP contribution >= 0.6 is 0 Å². The van der Waals surface area contributed by atoms with Gasteiger partial charge in [0.1, 0.15) is 6.54 Å². The first-order valence-corrected chi connectivity index (χ1v) is 14.5. The zero-order chi connectivity index (χ0) is 25.2. The van der Waals surface area contributed by atoms with Crippen LogP contribution in [0.5, 0.6) is 0 Å². The molecule has 3 fully saturated rings. The molecule has 1 aromatic carbocycles. The van der Waals surface area contributed by atoms with Gasteiger partial charge < -0.3 is 20.7 Å². The number of hydrogen-bond donors (Lipinski definition) is 3. The Morgan fingerprint density at radius 2 is 1.42 bits per heavy atom. The zero-order valence-corrected chi connectivity index (χ0v) is 22.1. The molecular weight excluding hydrogens is 452 g/mol. The van der Waals surface area contributed by atoms with E-state index in [1.54, 1.807) is 6.92 Å². The van der Waals surface area contributed by atoms with Crippen LogP contribution in [0.1, 0.15) is 96.8 Å². The van der Waals surface area contributed by atoms with Crippen LogP contribution in [0.2, 0.25) is 0 Å². The smallest absolute Gasteiger partial charge is 0.325 e. The Bertz CT molecular complexity index is 824. The number of anilines is 2. The summed E-state index contributed by atoms with van der Waals surface area (Å²) in [5.41, 5.74) is 1.68. The van der Waals surface area contributed by atoms with Gasteiger partial charge in [0.25, 0.3) is 0 Å². The van der Waals surface area contributed by atoms with Crippen molar-refractivity contribution in [2.24, 2.45) is 0 Å². The number of rotatable bonds is 7. The summed E-state index contributed by atoms with van der Waals surface area (Å²) in [5, 5.41) is 9.25. The minimum atomic E-state index is -0.437. The maximum atomic E-state index is 12.4. The van der Waals surface area contributed by atoms with E-state index in [1.165, 1.54) is 77.0 Å². The Kier molecular flexibility index (Phi) is 10.3. The second-order valence-electron chi connectivity index (χ2n) is 10.9. The quantitative estimate of drug-likeness (QED) is 0.398. The number of ether oxygens (including phenoxy) is 1. The monoisotopic (exact) mass is 498 g/mol. The second-order valence-corrected chi connectivity index (χ2v) is 10.9. The summed E-state index contributed by atoms with van der Waals surface area (Å²) in [6.45, 7) is 1.91. The van der Waals surface area contributed by atoms with Crippen molar-refractivity contribution in [2.45, 2.75) is 121 Å². The first-order valence-electron chi connectivity index (χ1n) is 14.5. The van der Waals surface area contributed by atoms with Gasteiger partial charge in [-0.25, -0.2) is 4.79 Å². The Labute approximate surface area is 217 Å². The van der Waals surface area contributed by atoms with Gasteiger partial charge in [-0.3, -0.25) is 9.69 Å². The van der Waals surface area contributed by atoms with E-state index in [2.05, 4.69) is 20.9 Å². The third-order valence-electron chi connectivity index (χ3n) is 8.26. The molecule has 0 spiro atoms. The molecular formula is C29H46N4O3. The van der Waals surface area contributed by atoms with E-state index >= 15 is 0 Å². The van der Waals surface area contributed by atoms with Crippen LogP contribution in [0.4, 0.5) is 16.2 Å². The van der Waals surface area contributed by atoms with Crippen molar-refractivity contribution in [1.82, 2.24) is 10.2 Å². The van der Waals surface area contributed by atoms with Crippen molar-refractivity contribution in [2.75, 3.05) is 23.8 Å². The van der Waals surface area contributed by atoms with Gasteiger partial charge in [-0.1, -0.05) is 63.5 Å². The molecule has 3 N–H and O–H groups in total. The molecule has 3 aliphatic rings. The maximum absolute atomic E-state index is 12.4. The van der Waals surface area contributed by atoms with Crippen molar-refractivity contribution in [1.29, 1.82) is 0 Å². The van der Waals surface area contributed by atoms with E-state index < -0.39 is 12.0 Å². The lowest BCUT2D eigenvalue weighted by Crippen LogP contribution is -2.58. The summed E-state index contributed by atoms with van der Waals surface area (Å²) in [4.78, 5) is 26.9. The van der Waals surface area contributed by atoms with E-state index in [-0.39, 0.29) is 6.54 Å². The molecule has 2 heterocycles. The largest absolute Gasteiger partial charge is 0.465 e. The van der Waals surface area contributed by atoms with E-state index in [0.29, 0.717) is 24.7 Å². The standard InChI is InChI=1S/C29H46N4O3/c1-2-36-28(34)21-30-29(35)32-27-18-11-10-17-26(27)31-22-19-24-15-12-16-25(20-22)33(24)23-13-8-6-4-3-5-7-9-14-23/h10-11,17-18,22-25,31H,2-9,12-16,19-21H2,1H3,(H2,30,32,35)/t22-,24+,25-. The van der Waals surface area contributed by atoms with E-state index in [9.17, 15) is 9.59 Å². The Hall–Kier alpha value is -2.28. The van der Waals surface area contributed by atoms with Gasteiger partial charge in [0.2, 0.25) is 0 Å². The van der Waals surface area contributed by atoms with Crippen molar-refractivity contribution in [3.05, 3.63) is 24.3 Å². The van der Waals surface area contributed by atoms with Crippen LogP contribution in [0.15, 0.2) is 24.3 Å². The van der Waals surface area contributed by atoms with Crippen LogP contribution in [-0.2, 0) is 9.53 Å². The van der Waals surface area contributed by atoms with Gasteiger partial charge in [0, 0.05) is 24.2 Å². The van der Waals surface area contributed by atoms with E-state index in [0.717, 1.165) is 30.3 Å². The molecule has 1 aromatic rings. The molecule has 0 aromatic heterocycles. The maximum Gasteiger partial charge on any atom is 0.325 e. The SMILES string of the molecule is CCOC(=O)CNC(=O)Nc1ccccc1N[C@H]1C[C@H]2CCC[C@@H](C1)N2C1CCCCCCCCC1. The summed E-state index contributed by atoms with van der Waals surface area (Å²) in [5.74, 6) is -0.437. The third-order valence-corrected chi connectivity index (χ3v) is 8.26. The van der Waals surface area contributed by atoms with Gasteiger partial charge in [-0.05, 0) is 57.6 Å². The van der Waals surface area contributed by atoms with Gasteiger partial charge in [-0.15, -0.1) is 0 Å². The Morgan fingerprint density at radius 3 is 2.06 bits per heavy atom. The summed E-state index contributed by atoms with van der Waals surface area (Å²) < 4.78 is 4.88. The fourth-order valence-electron chi connectivity index (χ4n) is 6.69. The van der Waals surface area contributed by atoms with Gasteiger partial charge in [0.15, 0.2) is 0 Å². The number of carbonyl (C=O) groups is 2. The molecule has 36 heavy (non-hydrogen) atoms. The van der Waals surface area contributed by atoms with Crippen molar-refractivity contribution in [3.8, 4) is 0 Å². The van der Waals surface area contributed by atoms with Crippen LogP contribution < -0.4 is 16.0 Å². The Balaban J connectivity index is 1.36. The topological polar surface area (TPSA) is 82.7 Å². The zero-order valence-electron chi connectivity index (χ0n) is 22.1. The summed E-state index contributed by atoms with van der Waals surface area (Å²) >= 11 is 0. The number of carbonyl (C=O) groups excluding carboxylic acids is 2. The summed E-state index contributed by atoms with van der Waals surface area (Å²) in [6, 6.07) is 9.94. The number of nitrogens with one attached hydrogen (secondary N) is 3. The number of piperidine rings is 2. The highest BCUT2D eigenvalue weighted by Gasteiger charge is 2.41. The van der Waals surface area contributed by atoms with Crippen molar-refractivity contribution in [3.63, 3.8) is 0 Å². The minimum absolute atomic E-state index is 0.141. The molecule has 1 aliphatic carbocycles. The number of benzene rings is 1. The minimum Gasteiger partial charge on any atom is -0.465 e. The fourth-order valence-corrected chi connectivity index (χ4v) is 6.69. The molecule has 0 radical (unpaired) electrons. The normalized spacial score (nSPS) is 26.0. The number of hydrogen-bond acceptors (Lipinski definition) is 5. The van der Waals surface area contributed by atoms with Gasteiger partial charge >= 0.3 is 12.0 Å². The molecule has 2 saturated heterocycles. The van der Waals surface area contributed by atoms with Crippen LogP contribution in [-0.4, -0.2) is 54.2 Å². The lowest BCUT2D eigenvalue weighted by molar-refractivity contribution is -0.141. The second kappa shape index (κ2) is 13.9. The fraction of sp³-hybridized carbons (Fsp3) is 0.724. The number of esters is 1. The van der Waals surface area contributed by atoms with E-state index in [4.69, 9.17) is 4.74 Å². The molecule has 2 amide bonds. The van der Waals surface area contributed by atoms with Crippen molar-refractivity contribution < 1.29 is 14.3 Å². The number of fused-ring (bicyclic) bond motifs is 2. The average molecular weight is 499 g/mol. The number of urea groups is 1. The molecule has 7 heteroatoms. The van der Waals surface area contributed by atoms with E-state index in [1.807, 2.05) is 24.3 Å². The predicted molar refractivity (Wildman–Crippen MR) is 145 cm³/mol. The number of nitrogens with zero attached hydrogens (tertiary/aromatic N) is 1. The van der Waals surface area contributed by atoms with Crippen molar-refractivity contribution >= 4 is 23.4 Å². The average Bonchev–Trinajstić information content (AvgIpc) is 2.87. The lowest BCUT2D eigenvalue weighted by atomic mass is 9.79. The van der Waals surface area contributed by atoms with Crippen LogP contribution in [0, 0.1) is 0 Å². The van der Waals surface area contributed by atoms with Crippen LogP contribution in [0.3, 0.4) is 0 Å². The molecule has 0 unspecified atom stereocenters. The molecule has 1 saturated carbocycles. The van der Waals surface area contributed by atoms with Crippen LogP contribution in [0.25, 0.3) is 0 Å². The summed E-state index contributed by atoms with van der Waals surface area (Å²) in [6.07, 6.45) is 18.9. The first kappa shape index (κ1) is 26.8. The molecule has 2 bridgehead atoms. The number of para-hydroxylation sites is 2. The van der Waals surface area contributed by atoms with Gasteiger partial charge in [-0.2, -0.15) is 0 Å². The van der Waals surface area contributed by atoms with Gasteiger partial charge in [0.05, 0.1) is 18.0 Å². The highest BCUT2D eigenvalue weighted by molar-refractivity contribution is 5.94. The molecule has 200 valence electrons. The molecule has 3 atom stereocenters. The highest BCUT2D eigenvalue weighted by atomic mass is 16.5. The Morgan fingerprint density at radius 1 is 0.833 bits per heavy atom. The third kappa shape index (κ3) is 7.61. The molecule has 7 nitrogen and oxygen atoms in total. The lowest BCUT2D eigenvalue weighted by Gasteiger charge is -2.53. The summed E-state index contributed by atoms with van der Waals surface area (Å²) in [7, 11) is 0. The molecule has 2 aliphatic heterocycles. The first-order chi connectivity index (χ1) is 17.6. The molecule has 4 rings (SSSR count).